The molecule has 0 aliphatic carbocycles. The highest BCUT2D eigenvalue weighted by Gasteiger charge is 2.25. The first-order chi connectivity index (χ1) is 40.1. The lowest BCUT2D eigenvalue weighted by Gasteiger charge is -2.25. The number of nitrogens with zero attached hydrogens (tertiary/aromatic N) is 1. The van der Waals surface area contributed by atoms with E-state index in [0.29, 0.717) is 17.4 Å². The van der Waals surface area contributed by atoms with Gasteiger partial charge in [0.25, 0.3) is 6.29 Å². The van der Waals surface area contributed by atoms with Gasteiger partial charge in [-0.25, -0.2) is 4.79 Å². The van der Waals surface area contributed by atoms with Crippen LogP contribution in [0.2, 0.25) is 0 Å². The summed E-state index contributed by atoms with van der Waals surface area (Å²) in [4.78, 5) is 37.5. The highest BCUT2D eigenvalue weighted by molar-refractivity contribution is 5.71. The topological polar surface area (TPSA) is 108 Å². The highest BCUT2D eigenvalue weighted by atomic mass is 16.7. The fourth-order valence-corrected chi connectivity index (χ4v) is 10.2. The van der Waals surface area contributed by atoms with Crippen molar-refractivity contribution in [2.24, 2.45) is 0 Å². The number of hydrogen-bond acceptors (Lipinski definition) is 7. The van der Waals surface area contributed by atoms with Crippen molar-refractivity contribution in [1.29, 1.82) is 0 Å². The molecule has 0 aliphatic heterocycles. The van der Waals surface area contributed by atoms with Crippen molar-refractivity contribution in [2.75, 3.05) is 47.5 Å². The Hall–Kier alpha value is -3.01. The SMILES string of the molecule is CC/C=C\C/C=C\C/C=C\C/C=C\CCCCCCCCCCCCCCCCCCCCCCCCCCCCC(=O)OC(COC(=O)CCCCCCCCC/C=C\CCCCCCCCC)COC(OCC[N+](C)(C)C)C(=O)O. The van der Waals surface area contributed by atoms with E-state index in [1.807, 2.05) is 21.1 Å². The van der Waals surface area contributed by atoms with Crippen molar-refractivity contribution >= 4 is 17.9 Å². The molecule has 0 radical (unpaired) electrons. The van der Waals surface area contributed by atoms with Gasteiger partial charge in [-0.05, 0) is 77.0 Å². The number of carboxylic acid groups (broad SMARTS) is 1. The number of hydrogen-bond donors (Lipinski definition) is 1. The molecule has 9 heteroatoms. The zero-order valence-electron chi connectivity index (χ0n) is 54.7. The second kappa shape index (κ2) is 64.0. The third kappa shape index (κ3) is 64.5. The Bertz CT molecular complexity index is 1530. The molecule has 0 aromatic heterocycles. The molecule has 0 aromatic rings. The Balaban J connectivity index is 3.97. The molecule has 1 N–H and O–H groups in total. The van der Waals surface area contributed by atoms with E-state index >= 15 is 0 Å². The van der Waals surface area contributed by atoms with E-state index < -0.39 is 18.4 Å². The molecule has 0 rings (SSSR count). The number of esters is 2. The standard InChI is InChI=1S/C73H133NO8/c1-6-8-10-12-14-16-18-20-22-24-26-27-28-29-30-31-32-33-34-35-36-37-38-39-40-41-42-43-44-45-46-48-50-52-54-56-58-60-62-64-71(76)82-69(68-81-73(72(77)78)79-66-65-74(3,4)5)67-80-70(75)63-61-59-57-55-53-51-49-47-25-23-21-19-17-15-13-11-9-7-2/h8,10,14,16,20,22-23,25-27,69,73H,6-7,9,11-13,15,17-19,21,24,28-68H2,1-5H3/p+1/b10-8-,16-14-,22-20-,25-23-,27-26-. The molecule has 0 fully saturated rings. The third-order valence-corrected chi connectivity index (χ3v) is 15.5. The van der Waals surface area contributed by atoms with E-state index in [1.54, 1.807) is 0 Å². The number of carboxylic acids is 1. The van der Waals surface area contributed by atoms with E-state index in [4.69, 9.17) is 18.9 Å². The third-order valence-electron chi connectivity index (χ3n) is 15.5. The number of rotatable bonds is 65. The highest BCUT2D eigenvalue weighted by Crippen LogP contribution is 2.18. The zero-order valence-corrected chi connectivity index (χ0v) is 54.7. The molecule has 0 aliphatic rings. The number of ether oxygens (including phenoxy) is 4. The fraction of sp³-hybridized carbons (Fsp3) is 0.822. The van der Waals surface area contributed by atoms with Crippen molar-refractivity contribution in [2.45, 2.75) is 341 Å². The minimum Gasteiger partial charge on any atom is -0.477 e. The number of aliphatic carboxylic acids is 1. The molecule has 0 amide bonds. The first-order valence-electron chi connectivity index (χ1n) is 35.0. The van der Waals surface area contributed by atoms with Crippen molar-refractivity contribution in [3.8, 4) is 0 Å². The Morgan fingerprint density at radius 3 is 1.05 bits per heavy atom. The molecule has 0 heterocycles. The molecular weight excluding hydrogens is 1020 g/mol. The summed E-state index contributed by atoms with van der Waals surface area (Å²) in [6.07, 6.45) is 80.6. The van der Waals surface area contributed by atoms with Gasteiger partial charge in [-0.2, -0.15) is 0 Å². The Labute approximate surface area is 507 Å². The van der Waals surface area contributed by atoms with Crippen LogP contribution in [0.5, 0.6) is 0 Å². The normalized spacial score (nSPS) is 13.0. The minimum atomic E-state index is -1.51. The lowest BCUT2D eigenvalue weighted by Crippen LogP contribution is -2.40. The van der Waals surface area contributed by atoms with Crippen molar-refractivity contribution < 1.29 is 42.9 Å². The van der Waals surface area contributed by atoms with Gasteiger partial charge in [-0.1, -0.05) is 299 Å². The van der Waals surface area contributed by atoms with Crippen LogP contribution in [0.25, 0.3) is 0 Å². The van der Waals surface area contributed by atoms with Gasteiger partial charge in [0.1, 0.15) is 13.2 Å². The van der Waals surface area contributed by atoms with Gasteiger partial charge in [0.15, 0.2) is 6.10 Å². The van der Waals surface area contributed by atoms with Gasteiger partial charge < -0.3 is 28.5 Å². The van der Waals surface area contributed by atoms with Crippen LogP contribution in [0, 0.1) is 0 Å². The van der Waals surface area contributed by atoms with Crippen molar-refractivity contribution in [3.63, 3.8) is 0 Å². The Morgan fingerprint density at radius 2 is 0.695 bits per heavy atom. The van der Waals surface area contributed by atoms with Gasteiger partial charge in [-0.3, -0.25) is 9.59 Å². The molecule has 0 bridgehead atoms. The van der Waals surface area contributed by atoms with Gasteiger partial charge >= 0.3 is 17.9 Å². The quantitative estimate of drug-likeness (QED) is 0.0211. The van der Waals surface area contributed by atoms with Crippen molar-refractivity contribution in [1.82, 2.24) is 0 Å². The summed E-state index contributed by atoms with van der Waals surface area (Å²) in [5.74, 6) is -1.99. The van der Waals surface area contributed by atoms with Gasteiger partial charge in [0.2, 0.25) is 0 Å². The summed E-state index contributed by atoms with van der Waals surface area (Å²) in [5.41, 5.74) is 0. The lowest BCUT2D eigenvalue weighted by molar-refractivity contribution is -0.870. The largest absolute Gasteiger partial charge is 0.477 e. The number of carbonyl (C=O) groups is 3. The van der Waals surface area contributed by atoms with Crippen LogP contribution in [-0.4, -0.2) is 87.4 Å². The fourth-order valence-electron chi connectivity index (χ4n) is 10.2. The first kappa shape index (κ1) is 79.0. The summed E-state index contributed by atoms with van der Waals surface area (Å²) in [6, 6.07) is 0. The molecule has 0 spiro atoms. The van der Waals surface area contributed by atoms with Crippen molar-refractivity contribution in [3.05, 3.63) is 60.8 Å². The van der Waals surface area contributed by atoms with E-state index in [0.717, 1.165) is 64.2 Å². The predicted molar refractivity (Wildman–Crippen MR) is 350 cm³/mol. The van der Waals surface area contributed by atoms with Crippen LogP contribution in [0.15, 0.2) is 60.8 Å². The van der Waals surface area contributed by atoms with E-state index in [-0.39, 0.29) is 38.2 Å². The number of carbonyl (C=O) groups excluding carboxylic acids is 2. The van der Waals surface area contributed by atoms with E-state index in [2.05, 4.69) is 74.6 Å². The summed E-state index contributed by atoms with van der Waals surface area (Å²) in [6.45, 7) is 4.80. The maximum atomic E-state index is 12.9. The number of quaternary nitrogens is 1. The smallest absolute Gasteiger partial charge is 0.361 e. The average molecular weight is 1150 g/mol. The average Bonchev–Trinajstić information content (AvgIpc) is 3.45. The van der Waals surface area contributed by atoms with E-state index in [9.17, 15) is 19.5 Å². The Kier molecular flexibility index (Phi) is 61.6. The summed E-state index contributed by atoms with van der Waals surface area (Å²) < 4.78 is 23.0. The number of unbranched alkanes of at least 4 members (excludes halogenated alkanes) is 40. The van der Waals surface area contributed by atoms with Crippen LogP contribution in [0.4, 0.5) is 0 Å². The molecular formula is C73H134NO8+. The lowest BCUT2D eigenvalue weighted by atomic mass is 10.0. The Morgan fingerprint density at radius 1 is 0.378 bits per heavy atom. The van der Waals surface area contributed by atoms with E-state index in [1.165, 1.54) is 238 Å². The molecule has 478 valence electrons. The molecule has 0 saturated carbocycles. The predicted octanol–water partition coefficient (Wildman–Crippen LogP) is 21.5. The van der Waals surface area contributed by atoms with Crippen LogP contribution in [-0.2, 0) is 33.3 Å². The molecule has 82 heavy (non-hydrogen) atoms. The maximum Gasteiger partial charge on any atom is 0.361 e. The summed E-state index contributed by atoms with van der Waals surface area (Å²) >= 11 is 0. The monoisotopic (exact) mass is 1150 g/mol. The second-order valence-electron chi connectivity index (χ2n) is 24.8. The summed E-state index contributed by atoms with van der Waals surface area (Å²) in [5, 5.41) is 9.73. The second-order valence-corrected chi connectivity index (χ2v) is 24.8. The minimum absolute atomic E-state index is 0.180. The van der Waals surface area contributed by atoms with Crippen LogP contribution in [0.3, 0.4) is 0 Å². The molecule has 0 saturated heterocycles. The molecule has 2 unspecified atom stereocenters. The summed E-state index contributed by atoms with van der Waals surface area (Å²) in [7, 11) is 5.98. The maximum absolute atomic E-state index is 12.9. The molecule has 2 atom stereocenters. The molecule has 0 aromatic carbocycles. The first-order valence-corrected chi connectivity index (χ1v) is 35.0. The van der Waals surface area contributed by atoms with Crippen LogP contribution < -0.4 is 0 Å². The number of likely N-dealkylation sites (N-methyl/N-ethyl adjacent to an activating group) is 1. The van der Waals surface area contributed by atoms with Crippen LogP contribution in [0.1, 0.15) is 328 Å². The number of allylic oxidation sites excluding steroid dienone is 10. The van der Waals surface area contributed by atoms with Crippen LogP contribution >= 0.6 is 0 Å². The van der Waals surface area contributed by atoms with Gasteiger partial charge in [-0.15, -0.1) is 0 Å². The van der Waals surface area contributed by atoms with Gasteiger partial charge in [0, 0.05) is 12.8 Å². The zero-order chi connectivity index (χ0) is 59.8. The van der Waals surface area contributed by atoms with Gasteiger partial charge in [0.05, 0.1) is 34.4 Å². The molecule has 9 nitrogen and oxygen atoms in total.